The fourth-order valence-electron chi connectivity index (χ4n) is 1.41. The molecular weight excluding hydrogens is 222 g/mol. The predicted octanol–water partition coefficient (Wildman–Crippen LogP) is 1.77. The van der Waals surface area contributed by atoms with E-state index >= 15 is 0 Å². The summed E-state index contributed by atoms with van der Waals surface area (Å²) in [6.45, 7) is 7.16. The number of hydrogen-bond acceptors (Lipinski definition) is 4. The van der Waals surface area contributed by atoms with Crippen molar-refractivity contribution in [2.75, 3.05) is 0 Å². The summed E-state index contributed by atoms with van der Waals surface area (Å²) in [5.74, 6) is -0.000844. The second kappa shape index (κ2) is 5.21. The van der Waals surface area contributed by atoms with Crippen LogP contribution in [0.5, 0.6) is 0 Å². The number of alkyl carbamates (subject to hydrolysis) is 1. The number of hydrogen-bond donors (Lipinski definition) is 1. The monoisotopic (exact) mass is 241 g/mol. The summed E-state index contributed by atoms with van der Waals surface area (Å²) in [6, 6.07) is -0.279. The van der Waals surface area contributed by atoms with Crippen LogP contribution < -0.4 is 5.32 Å². The quantitative estimate of drug-likeness (QED) is 0.800. The lowest BCUT2D eigenvalue weighted by Crippen LogP contribution is -2.45. The minimum absolute atomic E-state index is 0.000844. The predicted molar refractivity (Wildman–Crippen MR) is 62.5 cm³/mol. The molecule has 1 rings (SSSR count). The molecular formula is C12H19NO4. The molecule has 5 nitrogen and oxygen atoms in total. The number of ketones is 1. The lowest BCUT2D eigenvalue weighted by Gasteiger charge is -2.27. The van der Waals surface area contributed by atoms with E-state index in [9.17, 15) is 9.59 Å². The Bertz CT molecular complexity index is 330. The van der Waals surface area contributed by atoms with Crippen molar-refractivity contribution in [3.63, 3.8) is 0 Å². The van der Waals surface area contributed by atoms with Gasteiger partial charge in [0.05, 0.1) is 12.3 Å². The van der Waals surface area contributed by atoms with E-state index in [0.29, 0.717) is 0 Å². The molecule has 0 bridgehead atoms. The average molecular weight is 241 g/mol. The summed E-state index contributed by atoms with van der Waals surface area (Å²) in [5, 5.41) is 2.65. The van der Waals surface area contributed by atoms with Crippen LogP contribution in [0.3, 0.4) is 0 Å². The minimum Gasteiger partial charge on any atom is -0.495 e. The van der Waals surface area contributed by atoms with Crippen LogP contribution in [0.15, 0.2) is 12.3 Å². The lowest BCUT2D eigenvalue weighted by atomic mass is 10.1. The molecule has 5 heteroatoms. The summed E-state index contributed by atoms with van der Waals surface area (Å²) in [5.41, 5.74) is -0.535. The Kier molecular flexibility index (Phi) is 4.15. The number of amides is 1. The molecule has 1 heterocycles. The first-order chi connectivity index (χ1) is 7.78. The maximum atomic E-state index is 11.5. The van der Waals surface area contributed by atoms with Crippen LogP contribution in [0.1, 0.15) is 34.1 Å². The Morgan fingerprint density at radius 3 is 2.76 bits per heavy atom. The third kappa shape index (κ3) is 4.89. The fourth-order valence-corrected chi connectivity index (χ4v) is 1.41. The maximum absolute atomic E-state index is 11.5. The topological polar surface area (TPSA) is 64.6 Å². The first-order valence-corrected chi connectivity index (χ1v) is 5.62. The number of carbonyl (C=O) groups is 2. The molecule has 0 aromatic carbocycles. The molecule has 2 atom stereocenters. The molecule has 0 saturated heterocycles. The van der Waals surface area contributed by atoms with Crippen LogP contribution in [0.2, 0.25) is 0 Å². The summed E-state index contributed by atoms with van der Waals surface area (Å²) in [7, 11) is 0. The molecule has 1 N–H and O–H groups in total. The highest BCUT2D eigenvalue weighted by Crippen LogP contribution is 2.12. The third-order valence-electron chi connectivity index (χ3n) is 2.21. The zero-order valence-electron chi connectivity index (χ0n) is 10.6. The van der Waals surface area contributed by atoms with Gasteiger partial charge in [-0.25, -0.2) is 4.79 Å². The van der Waals surface area contributed by atoms with Gasteiger partial charge in [-0.1, -0.05) is 0 Å². The van der Waals surface area contributed by atoms with Crippen LogP contribution >= 0.6 is 0 Å². The van der Waals surface area contributed by atoms with E-state index in [-0.39, 0.29) is 24.3 Å². The van der Waals surface area contributed by atoms with E-state index < -0.39 is 11.7 Å². The number of nitrogens with one attached hydrogen (secondary N) is 1. The van der Waals surface area contributed by atoms with Crippen molar-refractivity contribution in [3.05, 3.63) is 12.3 Å². The van der Waals surface area contributed by atoms with Gasteiger partial charge in [0.15, 0.2) is 5.78 Å². The Morgan fingerprint density at radius 1 is 1.59 bits per heavy atom. The molecule has 17 heavy (non-hydrogen) atoms. The van der Waals surface area contributed by atoms with Crippen LogP contribution in [0, 0.1) is 0 Å². The molecule has 0 spiro atoms. The Labute approximate surface area is 101 Å². The van der Waals surface area contributed by atoms with Crippen molar-refractivity contribution in [1.82, 2.24) is 5.32 Å². The zero-order valence-corrected chi connectivity index (χ0v) is 10.6. The van der Waals surface area contributed by atoms with Gasteiger partial charge in [0, 0.05) is 12.5 Å². The first kappa shape index (κ1) is 13.5. The van der Waals surface area contributed by atoms with Crippen LogP contribution in [-0.4, -0.2) is 29.6 Å². The van der Waals surface area contributed by atoms with Crippen molar-refractivity contribution in [1.29, 1.82) is 0 Å². The molecule has 0 saturated carbocycles. The Hall–Kier alpha value is -1.52. The highest BCUT2D eigenvalue weighted by molar-refractivity contribution is 5.90. The molecule has 1 aliphatic rings. The van der Waals surface area contributed by atoms with Gasteiger partial charge in [-0.3, -0.25) is 4.79 Å². The van der Waals surface area contributed by atoms with Gasteiger partial charge in [-0.05, 0) is 27.7 Å². The van der Waals surface area contributed by atoms with E-state index in [1.165, 1.54) is 12.3 Å². The SMILES string of the molecule is C[C@H](NC(=O)OC(C)(C)C)[C@@H]1CC(=O)C=CO1. The molecule has 0 aromatic rings. The van der Waals surface area contributed by atoms with Crippen molar-refractivity contribution in [2.24, 2.45) is 0 Å². The lowest BCUT2D eigenvalue weighted by molar-refractivity contribution is -0.118. The van der Waals surface area contributed by atoms with Crippen LogP contribution in [-0.2, 0) is 14.3 Å². The van der Waals surface area contributed by atoms with E-state index in [1.54, 1.807) is 27.7 Å². The Balaban J connectivity index is 2.44. The van der Waals surface area contributed by atoms with Gasteiger partial charge in [0.1, 0.15) is 11.7 Å². The molecule has 96 valence electrons. The summed E-state index contributed by atoms with van der Waals surface area (Å²) in [6.07, 6.45) is 2.18. The fraction of sp³-hybridized carbons (Fsp3) is 0.667. The van der Waals surface area contributed by atoms with Crippen molar-refractivity contribution < 1.29 is 19.1 Å². The smallest absolute Gasteiger partial charge is 0.407 e. The molecule has 1 amide bonds. The standard InChI is InChI=1S/C12H19NO4/c1-8(10-7-9(14)5-6-16-10)13-11(15)17-12(2,3)4/h5-6,8,10H,7H2,1-4H3,(H,13,15)/t8-,10-/m0/s1. The highest BCUT2D eigenvalue weighted by atomic mass is 16.6. The van der Waals surface area contributed by atoms with Gasteiger partial charge in [-0.15, -0.1) is 0 Å². The Morgan fingerprint density at radius 2 is 2.24 bits per heavy atom. The van der Waals surface area contributed by atoms with E-state index in [4.69, 9.17) is 9.47 Å². The van der Waals surface area contributed by atoms with Gasteiger partial charge in [-0.2, -0.15) is 0 Å². The largest absolute Gasteiger partial charge is 0.495 e. The summed E-state index contributed by atoms with van der Waals surface area (Å²) in [4.78, 5) is 22.7. The first-order valence-electron chi connectivity index (χ1n) is 5.62. The van der Waals surface area contributed by atoms with Gasteiger partial charge in [0.2, 0.25) is 0 Å². The van der Waals surface area contributed by atoms with Crippen molar-refractivity contribution in [3.8, 4) is 0 Å². The number of allylic oxidation sites excluding steroid dienone is 1. The van der Waals surface area contributed by atoms with E-state index in [2.05, 4.69) is 5.32 Å². The molecule has 0 radical (unpaired) electrons. The number of rotatable bonds is 2. The van der Waals surface area contributed by atoms with Crippen LogP contribution in [0.25, 0.3) is 0 Å². The number of carbonyl (C=O) groups excluding carboxylic acids is 2. The maximum Gasteiger partial charge on any atom is 0.407 e. The van der Waals surface area contributed by atoms with Gasteiger partial charge in [0.25, 0.3) is 0 Å². The summed E-state index contributed by atoms with van der Waals surface area (Å²) < 4.78 is 10.4. The zero-order chi connectivity index (χ0) is 13.1. The number of ether oxygens (including phenoxy) is 2. The van der Waals surface area contributed by atoms with E-state index in [1.807, 2.05) is 0 Å². The van der Waals surface area contributed by atoms with Crippen molar-refractivity contribution in [2.45, 2.75) is 51.9 Å². The van der Waals surface area contributed by atoms with E-state index in [0.717, 1.165) is 0 Å². The molecule has 0 fully saturated rings. The van der Waals surface area contributed by atoms with Gasteiger partial charge >= 0.3 is 6.09 Å². The molecule has 0 aliphatic carbocycles. The second-order valence-electron chi connectivity index (χ2n) is 5.08. The normalized spacial score (nSPS) is 21.6. The molecule has 0 aromatic heterocycles. The average Bonchev–Trinajstić information content (AvgIpc) is 2.14. The second-order valence-corrected chi connectivity index (χ2v) is 5.08. The highest BCUT2D eigenvalue weighted by Gasteiger charge is 2.26. The van der Waals surface area contributed by atoms with Crippen molar-refractivity contribution >= 4 is 11.9 Å². The molecule has 1 aliphatic heterocycles. The minimum atomic E-state index is -0.535. The van der Waals surface area contributed by atoms with Crippen LogP contribution in [0.4, 0.5) is 4.79 Å². The molecule has 0 unspecified atom stereocenters. The summed E-state index contributed by atoms with van der Waals surface area (Å²) >= 11 is 0. The third-order valence-corrected chi connectivity index (χ3v) is 2.21. The van der Waals surface area contributed by atoms with Gasteiger partial charge < -0.3 is 14.8 Å².